The molecule has 0 saturated carbocycles. The average Bonchev–Trinajstić information content (AvgIpc) is 2.85. The van der Waals surface area contributed by atoms with E-state index in [1.54, 1.807) is 6.07 Å². The second-order valence-electron chi connectivity index (χ2n) is 6.47. The standard InChI is InChI=1S/C20H23FN2O2/c1-15-5-2-3-6-18(15)22-9-4-10-23(12-11-22)20(25)14-16-7-8-19(24)17(21)13-16/h2-3,5-8,13,24H,4,9-12,14H2,1H3. The Labute approximate surface area is 147 Å². The van der Waals surface area contributed by atoms with E-state index in [9.17, 15) is 14.3 Å². The van der Waals surface area contributed by atoms with Crippen LogP contribution in [0.5, 0.6) is 5.75 Å². The summed E-state index contributed by atoms with van der Waals surface area (Å²) < 4.78 is 13.4. The molecule has 0 atom stereocenters. The summed E-state index contributed by atoms with van der Waals surface area (Å²) in [7, 11) is 0. The maximum atomic E-state index is 13.4. The Morgan fingerprint density at radius 3 is 2.68 bits per heavy atom. The number of rotatable bonds is 3. The summed E-state index contributed by atoms with van der Waals surface area (Å²) in [6.45, 7) is 5.18. The van der Waals surface area contributed by atoms with Crippen molar-refractivity contribution in [3.8, 4) is 5.75 Å². The van der Waals surface area contributed by atoms with Crippen molar-refractivity contribution in [2.24, 2.45) is 0 Å². The number of benzene rings is 2. The highest BCUT2D eigenvalue weighted by Gasteiger charge is 2.20. The summed E-state index contributed by atoms with van der Waals surface area (Å²) in [5.41, 5.74) is 3.04. The first-order valence-corrected chi connectivity index (χ1v) is 8.60. The van der Waals surface area contributed by atoms with Crippen LogP contribution in [0.3, 0.4) is 0 Å². The van der Waals surface area contributed by atoms with Gasteiger partial charge in [0.1, 0.15) is 0 Å². The quantitative estimate of drug-likeness (QED) is 0.932. The van der Waals surface area contributed by atoms with Gasteiger partial charge in [0.2, 0.25) is 5.91 Å². The van der Waals surface area contributed by atoms with Crippen molar-refractivity contribution >= 4 is 11.6 Å². The molecule has 1 aliphatic rings. The second kappa shape index (κ2) is 7.55. The SMILES string of the molecule is Cc1ccccc1N1CCCN(C(=O)Cc2ccc(O)c(F)c2)CC1. The molecule has 1 fully saturated rings. The molecule has 5 heteroatoms. The highest BCUT2D eigenvalue weighted by molar-refractivity contribution is 5.79. The molecular weight excluding hydrogens is 319 g/mol. The van der Waals surface area contributed by atoms with Crippen molar-refractivity contribution in [1.82, 2.24) is 4.90 Å². The molecule has 0 spiro atoms. The van der Waals surface area contributed by atoms with Crippen molar-refractivity contribution in [2.45, 2.75) is 19.8 Å². The predicted molar refractivity (Wildman–Crippen MR) is 96.4 cm³/mol. The number of anilines is 1. The minimum atomic E-state index is -0.688. The highest BCUT2D eigenvalue weighted by atomic mass is 19.1. The first-order valence-electron chi connectivity index (χ1n) is 8.60. The van der Waals surface area contributed by atoms with E-state index in [4.69, 9.17) is 0 Å². The predicted octanol–water partition coefficient (Wildman–Crippen LogP) is 3.12. The fourth-order valence-corrected chi connectivity index (χ4v) is 3.27. The Hall–Kier alpha value is -2.56. The number of phenolic OH excluding ortho intramolecular Hbond substituents is 1. The van der Waals surface area contributed by atoms with E-state index in [-0.39, 0.29) is 18.1 Å². The number of aromatic hydroxyl groups is 1. The molecule has 25 heavy (non-hydrogen) atoms. The number of aryl methyl sites for hydroxylation is 1. The molecule has 2 aromatic carbocycles. The third-order valence-electron chi connectivity index (χ3n) is 4.67. The molecule has 0 aliphatic carbocycles. The Bertz CT molecular complexity index is 763. The van der Waals surface area contributed by atoms with Gasteiger partial charge in [-0.15, -0.1) is 0 Å². The van der Waals surface area contributed by atoms with Gasteiger partial charge in [-0.05, 0) is 42.7 Å². The molecule has 1 heterocycles. The van der Waals surface area contributed by atoms with Crippen LogP contribution >= 0.6 is 0 Å². The Balaban J connectivity index is 1.63. The molecule has 0 aromatic heterocycles. The maximum absolute atomic E-state index is 13.4. The Morgan fingerprint density at radius 1 is 1.12 bits per heavy atom. The fourth-order valence-electron chi connectivity index (χ4n) is 3.27. The largest absolute Gasteiger partial charge is 0.505 e. The van der Waals surface area contributed by atoms with Gasteiger partial charge in [-0.2, -0.15) is 0 Å². The maximum Gasteiger partial charge on any atom is 0.227 e. The molecule has 0 bridgehead atoms. The smallest absolute Gasteiger partial charge is 0.227 e. The van der Waals surface area contributed by atoms with E-state index in [2.05, 4.69) is 24.0 Å². The van der Waals surface area contributed by atoms with E-state index in [1.807, 2.05) is 17.0 Å². The van der Waals surface area contributed by atoms with Crippen LogP contribution in [-0.4, -0.2) is 42.1 Å². The van der Waals surface area contributed by atoms with Crippen LogP contribution in [0.4, 0.5) is 10.1 Å². The Morgan fingerprint density at radius 2 is 1.92 bits per heavy atom. The highest BCUT2D eigenvalue weighted by Crippen LogP contribution is 2.21. The van der Waals surface area contributed by atoms with Crippen LogP contribution in [0.25, 0.3) is 0 Å². The minimum Gasteiger partial charge on any atom is -0.505 e. The molecule has 132 valence electrons. The molecule has 0 unspecified atom stereocenters. The first kappa shape index (κ1) is 17.3. The van der Waals surface area contributed by atoms with Crippen LogP contribution in [0, 0.1) is 12.7 Å². The number of amides is 1. The molecular formula is C20H23FN2O2. The van der Waals surface area contributed by atoms with E-state index < -0.39 is 5.82 Å². The van der Waals surface area contributed by atoms with Gasteiger partial charge in [0, 0.05) is 31.9 Å². The zero-order chi connectivity index (χ0) is 17.8. The normalized spacial score (nSPS) is 15.1. The van der Waals surface area contributed by atoms with Gasteiger partial charge in [0.05, 0.1) is 6.42 Å². The monoisotopic (exact) mass is 342 g/mol. The van der Waals surface area contributed by atoms with Gasteiger partial charge < -0.3 is 14.9 Å². The lowest BCUT2D eigenvalue weighted by Gasteiger charge is -2.25. The summed E-state index contributed by atoms with van der Waals surface area (Å²) in [6, 6.07) is 12.4. The van der Waals surface area contributed by atoms with E-state index in [0.29, 0.717) is 18.7 Å². The van der Waals surface area contributed by atoms with Gasteiger partial charge >= 0.3 is 0 Å². The zero-order valence-electron chi connectivity index (χ0n) is 14.4. The molecule has 3 rings (SSSR count). The summed E-state index contributed by atoms with van der Waals surface area (Å²) in [6.07, 6.45) is 1.06. The second-order valence-corrected chi connectivity index (χ2v) is 6.47. The number of nitrogens with zero attached hydrogens (tertiary/aromatic N) is 2. The van der Waals surface area contributed by atoms with Gasteiger partial charge in [0.15, 0.2) is 11.6 Å². The van der Waals surface area contributed by atoms with Crippen molar-refractivity contribution in [3.63, 3.8) is 0 Å². The number of hydrogen-bond acceptors (Lipinski definition) is 3. The number of halogens is 1. The molecule has 1 N–H and O–H groups in total. The number of para-hydroxylation sites is 1. The number of phenols is 1. The average molecular weight is 342 g/mol. The van der Waals surface area contributed by atoms with Gasteiger partial charge in [-0.1, -0.05) is 24.3 Å². The molecule has 0 radical (unpaired) electrons. The molecule has 1 amide bonds. The van der Waals surface area contributed by atoms with Crippen molar-refractivity contribution in [2.75, 3.05) is 31.1 Å². The lowest BCUT2D eigenvalue weighted by molar-refractivity contribution is -0.130. The molecule has 1 aliphatic heterocycles. The topological polar surface area (TPSA) is 43.8 Å². The summed E-state index contributed by atoms with van der Waals surface area (Å²) >= 11 is 0. The fraction of sp³-hybridized carbons (Fsp3) is 0.350. The Kier molecular flexibility index (Phi) is 5.22. The van der Waals surface area contributed by atoms with Crippen LogP contribution in [0.1, 0.15) is 17.5 Å². The van der Waals surface area contributed by atoms with Crippen LogP contribution < -0.4 is 4.90 Å². The number of carbonyl (C=O) groups is 1. The van der Waals surface area contributed by atoms with Crippen molar-refractivity contribution < 1.29 is 14.3 Å². The number of hydrogen-bond donors (Lipinski definition) is 1. The first-order chi connectivity index (χ1) is 12.0. The van der Waals surface area contributed by atoms with Crippen molar-refractivity contribution in [3.05, 3.63) is 59.4 Å². The lowest BCUT2D eigenvalue weighted by atomic mass is 10.1. The van der Waals surface area contributed by atoms with Crippen LogP contribution in [0.2, 0.25) is 0 Å². The third-order valence-corrected chi connectivity index (χ3v) is 4.67. The van der Waals surface area contributed by atoms with E-state index in [0.717, 1.165) is 19.5 Å². The zero-order valence-corrected chi connectivity index (χ0v) is 14.4. The molecule has 1 saturated heterocycles. The van der Waals surface area contributed by atoms with E-state index >= 15 is 0 Å². The van der Waals surface area contributed by atoms with Gasteiger partial charge in [-0.25, -0.2) is 4.39 Å². The summed E-state index contributed by atoms with van der Waals surface area (Å²) in [5.74, 6) is -1.08. The van der Waals surface area contributed by atoms with Crippen LogP contribution in [-0.2, 0) is 11.2 Å². The van der Waals surface area contributed by atoms with Crippen molar-refractivity contribution in [1.29, 1.82) is 0 Å². The van der Waals surface area contributed by atoms with Crippen LogP contribution in [0.15, 0.2) is 42.5 Å². The van der Waals surface area contributed by atoms with E-state index in [1.165, 1.54) is 23.4 Å². The molecule has 2 aromatic rings. The number of carbonyl (C=O) groups excluding carboxylic acids is 1. The minimum absolute atomic E-state index is 0.00303. The molecule has 4 nitrogen and oxygen atoms in total. The summed E-state index contributed by atoms with van der Waals surface area (Å²) in [5, 5.41) is 9.25. The summed E-state index contributed by atoms with van der Waals surface area (Å²) in [4.78, 5) is 16.7. The van der Waals surface area contributed by atoms with Gasteiger partial charge in [-0.3, -0.25) is 4.79 Å². The third kappa shape index (κ3) is 4.10. The van der Waals surface area contributed by atoms with Gasteiger partial charge in [0.25, 0.3) is 0 Å². The lowest BCUT2D eigenvalue weighted by Crippen LogP contribution is -2.36.